The summed E-state index contributed by atoms with van der Waals surface area (Å²) < 4.78 is 7.52. The highest BCUT2D eigenvalue weighted by Gasteiger charge is 2.39. The summed E-state index contributed by atoms with van der Waals surface area (Å²) in [5, 5.41) is 5.73. The fraction of sp³-hybridized carbons (Fsp3) is 0.542. The third kappa shape index (κ3) is 4.71. The summed E-state index contributed by atoms with van der Waals surface area (Å²) in [4.78, 5) is 22.4. The molecule has 2 aliphatic rings. The van der Waals surface area contributed by atoms with Crippen LogP contribution in [0.15, 0.2) is 39.3 Å². The van der Waals surface area contributed by atoms with E-state index in [2.05, 4.69) is 42.2 Å². The van der Waals surface area contributed by atoms with Gasteiger partial charge >= 0.3 is 0 Å². The molecule has 2 saturated heterocycles. The maximum atomic E-state index is 11.5. The minimum Gasteiger partial charge on any atom is -0.381 e. The van der Waals surface area contributed by atoms with Crippen LogP contribution in [0.4, 0.5) is 0 Å². The lowest BCUT2D eigenvalue weighted by atomic mass is 9.78. The van der Waals surface area contributed by atoms with Gasteiger partial charge < -0.3 is 9.64 Å². The molecule has 0 radical (unpaired) electrons. The third-order valence-electron chi connectivity index (χ3n) is 6.62. The van der Waals surface area contributed by atoms with Crippen LogP contribution in [0.2, 0.25) is 0 Å². The molecule has 1 spiro atoms. The number of amides is 1. The average Bonchev–Trinajstić information content (AvgIpc) is 3.40. The van der Waals surface area contributed by atoms with Crippen LogP contribution in [-0.2, 0) is 23.0 Å². The van der Waals surface area contributed by atoms with Crippen LogP contribution in [0.25, 0.3) is 10.9 Å². The molecule has 1 aromatic carbocycles. The summed E-state index contributed by atoms with van der Waals surface area (Å²) in [6, 6.07) is 4.22. The van der Waals surface area contributed by atoms with Crippen LogP contribution < -0.4 is 0 Å². The molecule has 7 nitrogen and oxygen atoms in total. The van der Waals surface area contributed by atoms with Crippen molar-refractivity contribution in [3.63, 3.8) is 0 Å². The van der Waals surface area contributed by atoms with Gasteiger partial charge in [0, 0.05) is 61.4 Å². The molecule has 8 heteroatoms. The van der Waals surface area contributed by atoms with Crippen LogP contribution in [0, 0.1) is 5.41 Å². The number of guanidine groups is 1. The van der Waals surface area contributed by atoms with Gasteiger partial charge in [-0.15, -0.1) is 0 Å². The molecule has 32 heavy (non-hydrogen) atoms. The molecule has 1 aromatic heterocycles. The molecule has 0 saturated carbocycles. The van der Waals surface area contributed by atoms with Crippen LogP contribution in [0.5, 0.6) is 0 Å². The Morgan fingerprint density at radius 1 is 1.34 bits per heavy atom. The van der Waals surface area contributed by atoms with Crippen LogP contribution in [-0.4, -0.2) is 65.3 Å². The first-order valence-corrected chi connectivity index (χ1v) is 12.1. The largest absolute Gasteiger partial charge is 0.381 e. The van der Waals surface area contributed by atoms with Gasteiger partial charge in [0.15, 0.2) is 0 Å². The van der Waals surface area contributed by atoms with Crippen molar-refractivity contribution in [2.24, 2.45) is 17.5 Å². The van der Waals surface area contributed by atoms with E-state index < -0.39 is 0 Å². The second-order valence-corrected chi connectivity index (χ2v) is 10.2. The van der Waals surface area contributed by atoms with E-state index >= 15 is 0 Å². The first-order valence-electron chi connectivity index (χ1n) is 11.3. The van der Waals surface area contributed by atoms with E-state index in [0.717, 1.165) is 68.8 Å². The lowest BCUT2D eigenvalue weighted by Crippen LogP contribution is -2.48. The van der Waals surface area contributed by atoms with Crippen molar-refractivity contribution in [3.8, 4) is 0 Å². The number of allylic oxidation sites excluding steroid dienone is 1. The lowest BCUT2D eigenvalue weighted by Gasteiger charge is -2.40. The number of carbonyl (C=O) groups excluding carboxylic acids is 1. The maximum Gasteiger partial charge on any atom is 0.216 e. The summed E-state index contributed by atoms with van der Waals surface area (Å²) in [5.41, 5.74) is 2.66. The SMILES string of the molecule is CCc1c(S/C(C)=C/N=C(\N(C)C=O)N2CCC3(CCOC3)CC2)ccc2nn(C)cc12. The predicted molar refractivity (Wildman–Crippen MR) is 130 cm³/mol. The molecular formula is C24H33N5O2S. The first kappa shape index (κ1) is 22.9. The third-order valence-corrected chi connectivity index (χ3v) is 7.65. The number of carbonyl (C=O) groups is 1. The number of hydrogen-bond acceptors (Lipinski definition) is 5. The van der Waals surface area contributed by atoms with Gasteiger partial charge in [-0.2, -0.15) is 5.10 Å². The first-order chi connectivity index (χ1) is 15.4. The highest BCUT2D eigenvalue weighted by molar-refractivity contribution is 8.03. The van der Waals surface area contributed by atoms with Crippen LogP contribution >= 0.6 is 11.8 Å². The fourth-order valence-corrected chi connectivity index (χ4v) is 5.69. The van der Waals surface area contributed by atoms with E-state index in [0.29, 0.717) is 11.4 Å². The minimum atomic E-state index is 0.324. The van der Waals surface area contributed by atoms with Gasteiger partial charge in [0.05, 0.1) is 12.1 Å². The Bertz CT molecular complexity index is 1030. The predicted octanol–water partition coefficient (Wildman–Crippen LogP) is 4.04. The summed E-state index contributed by atoms with van der Waals surface area (Å²) in [7, 11) is 3.73. The maximum absolute atomic E-state index is 11.5. The number of aliphatic imine (C=N–C) groups is 1. The van der Waals surface area contributed by atoms with Crippen molar-refractivity contribution in [1.29, 1.82) is 0 Å². The van der Waals surface area contributed by atoms with Crippen LogP contribution in [0.1, 0.15) is 38.7 Å². The molecule has 0 N–H and O–H groups in total. The van der Waals surface area contributed by atoms with Gasteiger partial charge in [0.2, 0.25) is 12.4 Å². The number of benzene rings is 1. The van der Waals surface area contributed by atoms with Crippen molar-refractivity contribution in [1.82, 2.24) is 19.6 Å². The van der Waals surface area contributed by atoms with E-state index in [-0.39, 0.29) is 0 Å². The number of piperidine rings is 1. The molecular weight excluding hydrogens is 422 g/mol. The number of nitrogens with zero attached hydrogens (tertiary/aromatic N) is 5. The van der Waals surface area contributed by atoms with Crippen molar-refractivity contribution >= 4 is 35.0 Å². The van der Waals surface area contributed by atoms with E-state index in [1.807, 2.05) is 17.9 Å². The van der Waals surface area contributed by atoms with E-state index in [4.69, 9.17) is 9.73 Å². The molecule has 4 rings (SSSR count). The quantitative estimate of drug-likeness (QED) is 0.295. The zero-order chi connectivity index (χ0) is 22.7. The average molecular weight is 456 g/mol. The summed E-state index contributed by atoms with van der Waals surface area (Å²) in [5.74, 6) is 0.715. The Hall–Kier alpha value is -2.32. The number of hydrogen-bond donors (Lipinski definition) is 0. The molecule has 2 aliphatic heterocycles. The summed E-state index contributed by atoms with van der Waals surface area (Å²) in [6.45, 7) is 7.79. The smallest absolute Gasteiger partial charge is 0.216 e. The van der Waals surface area contributed by atoms with Crippen molar-refractivity contribution in [2.45, 2.75) is 44.4 Å². The molecule has 0 aliphatic carbocycles. The monoisotopic (exact) mass is 455 g/mol. The highest BCUT2D eigenvalue weighted by atomic mass is 32.2. The summed E-state index contributed by atoms with van der Waals surface area (Å²) >= 11 is 1.72. The molecule has 2 fully saturated rings. The van der Waals surface area contributed by atoms with Gasteiger partial charge in [-0.1, -0.05) is 18.7 Å². The molecule has 2 aromatic rings. The molecule has 0 atom stereocenters. The number of aryl methyl sites for hydroxylation is 2. The Morgan fingerprint density at radius 3 is 2.78 bits per heavy atom. The Labute approximate surface area is 194 Å². The van der Waals surface area contributed by atoms with Crippen LogP contribution in [0.3, 0.4) is 0 Å². The number of aromatic nitrogens is 2. The Kier molecular flexibility index (Phi) is 6.90. The topological polar surface area (TPSA) is 63.0 Å². The summed E-state index contributed by atoms with van der Waals surface area (Å²) in [6.07, 6.45) is 9.07. The van der Waals surface area contributed by atoms with Gasteiger partial charge in [-0.05, 0) is 55.7 Å². The number of likely N-dealkylation sites (tertiary alicyclic amines) is 1. The molecule has 3 heterocycles. The van der Waals surface area contributed by atoms with Gasteiger partial charge in [-0.25, -0.2) is 4.99 Å². The number of fused-ring (bicyclic) bond motifs is 1. The molecule has 0 bridgehead atoms. The zero-order valence-corrected chi connectivity index (χ0v) is 20.3. The second kappa shape index (κ2) is 9.67. The van der Waals surface area contributed by atoms with Gasteiger partial charge in [0.1, 0.15) is 0 Å². The lowest BCUT2D eigenvalue weighted by molar-refractivity contribution is -0.114. The number of thioether (sulfide) groups is 1. The Balaban J connectivity index is 1.52. The molecule has 1 amide bonds. The molecule has 0 unspecified atom stereocenters. The Morgan fingerprint density at radius 2 is 2.12 bits per heavy atom. The van der Waals surface area contributed by atoms with Crippen molar-refractivity contribution in [2.75, 3.05) is 33.4 Å². The number of rotatable bonds is 5. The molecule has 172 valence electrons. The zero-order valence-electron chi connectivity index (χ0n) is 19.5. The van der Waals surface area contributed by atoms with E-state index in [1.165, 1.54) is 15.8 Å². The normalized spacial score (nSPS) is 19.2. The van der Waals surface area contributed by atoms with Crippen molar-refractivity contribution in [3.05, 3.63) is 35.0 Å². The van der Waals surface area contributed by atoms with E-state index in [1.54, 1.807) is 23.7 Å². The van der Waals surface area contributed by atoms with Crippen molar-refractivity contribution < 1.29 is 9.53 Å². The second-order valence-electron chi connectivity index (χ2n) is 8.91. The minimum absolute atomic E-state index is 0.324. The number of ether oxygens (including phenoxy) is 1. The fourth-order valence-electron chi connectivity index (χ4n) is 4.73. The van der Waals surface area contributed by atoms with E-state index in [9.17, 15) is 4.79 Å². The van der Waals surface area contributed by atoms with Gasteiger partial charge in [0.25, 0.3) is 0 Å². The standard InChI is InChI=1S/C24H33N5O2S/c1-5-19-20-15-28(4)26-21(20)6-7-22(19)32-18(2)14-25-23(27(3)17-30)29-11-8-24(9-12-29)10-13-31-16-24/h6-7,14-15,17H,5,8-13,16H2,1-4H3/b18-14+,25-23+. The highest BCUT2D eigenvalue weighted by Crippen LogP contribution is 2.39. The van der Waals surface area contributed by atoms with Gasteiger partial charge in [-0.3, -0.25) is 14.4 Å².